The van der Waals surface area contributed by atoms with Crippen LogP contribution in [0.25, 0.3) is 0 Å². The Labute approximate surface area is 323 Å². The number of aliphatic hydroxyl groups is 1. The molecule has 0 aromatic heterocycles. The average Bonchev–Trinajstić information content (AvgIpc) is 3.24. The van der Waals surface area contributed by atoms with Gasteiger partial charge < -0.3 is 61.9 Å². The van der Waals surface area contributed by atoms with Crippen LogP contribution in [0.15, 0.2) is 72.8 Å². The van der Waals surface area contributed by atoms with Gasteiger partial charge >= 0.3 is 17.9 Å². The topological polar surface area (TPSA) is 182 Å². The maximum atomic E-state index is 13.8. The Kier molecular flexibility index (Phi) is 15.4. The van der Waals surface area contributed by atoms with E-state index in [1.807, 2.05) is 0 Å². The zero-order chi connectivity index (χ0) is 40.8. The molecule has 0 bridgehead atoms. The highest BCUT2D eigenvalue weighted by molar-refractivity contribution is 5.92. The van der Waals surface area contributed by atoms with Crippen molar-refractivity contribution in [2.75, 3.05) is 70.1 Å². The number of hydrogen-bond donors (Lipinski definition) is 1. The smallest absolute Gasteiger partial charge is 0.338 e. The summed E-state index contributed by atoms with van der Waals surface area (Å²) in [4.78, 5) is 41.1. The number of benzene rings is 4. The van der Waals surface area contributed by atoms with Gasteiger partial charge in [0.25, 0.3) is 0 Å². The summed E-state index contributed by atoms with van der Waals surface area (Å²) in [6, 6.07) is 17.7. The maximum Gasteiger partial charge on any atom is 0.338 e. The number of esters is 3. The zero-order valence-electron chi connectivity index (χ0n) is 32.1. The van der Waals surface area contributed by atoms with E-state index in [9.17, 15) is 19.5 Å². The minimum absolute atomic E-state index is 0.00707. The second kappa shape index (κ2) is 20.3. The Balaban J connectivity index is 1.75. The van der Waals surface area contributed by atoms with Gasteiger partial charge in [0, 0.05) is 29.8 Å². The van der Waals surface area contributed by atoms with Crippen molar-refractivity contribution < 1.29 is 76.3 Å². The molecule has 3 atom stereocenters. The maximum absolute atomic E-state index is 13.8. The van der Waals surface area contributed by atoms with Gasteiger partial charge in [-0.05, 0) is 48.5 Å². The second-order valence-electron chi connectivity index (χ2n) is 11.6. The lowest BCUT2D eigenvalue weighted by Crippen LogP contribution is -2.42. The van der Waals surface area contributed by atoms with Crippen LogP contribution in [0.3, 0.4) is 0 Å². The molecule has 4 aromatic carbocycles. The van der Waals surface area contributed by atoms with E-state index in [0.717, 1.165) is 0 Å². The molecule has 16 heteroatoms. The summed E-state index contributed by atoms with van der Waals surface area (Å²) in [7, 11) is 11.3. The molecule has 300 valence electrons. The monoisotopic (exact) mass is 780 g/mol. The summed E-state index contributed by atoms with van der Waals surface area (Å²) in [5, 5.41) is 11.2. The highest BCUT2D eigenvalue weighted by Gasteiger charge is 2.33. The highest BCUT2D eigenvalue weighted by Crippen LogP contribution is 2.30. The summed E-state index contributed by atoms with van der Waals surface area (Å²) in [6.45, 7) is -1.27. The molecule has 56 heavy (non-hydrogen) atoms. The predicted octanol–water partition coefficient (Wildman–Crippen LogP) is 5.07. The fraction of sp³-hybridized carbons (Fsp3) is 0.325. The van der Waals surface area contributed by atoms with Gasteiger partial charge in [-0.15, -0.1) is 0 Å². The van der Waals surface area contributed by atoms with Crippen LogP contribution in [0.1, 0.15) is 42.9 Å². The number of aliphatic hydroxyl groups excluding tert-OH is 1. The number of carbonyl (C=O) groups is 3. The number of carbonyl (C=O) groups excluding carboxylic acids is 3. The molecule has 0 spiro atoms. The quantitative estimate of drug-likeness (QED) is 0.0712. The van der Waals surface area contributed by atoms with Crippen molar-refractivity contribution in [3.63, 3.8) is 0 Å². The van der Waals surface area contributed by atoms with E-state index >= 15 is 0 Å². The Morgan fingerprint density at radius 1 is 0.429 bits per heavy atom. The van der Waals surface area contributed by atoms with Crippen molar-refractivity contribution in [1.29, 1.82) is 0 Å². The molecule has 0 fully saturated rings. The van der Waals surface area contributed by atoms with Crippen LogP contribution in [-0.4, -0.2) is 105 Å². The second-order valence-corrected chi connectivity index (χ2v) is 11.6. The molecule has 1 N–H and O–H groups in total. The van der Waals surface area contributed by atoms with Gasteiger partial charge in [-0.3, -0.25) is 0 Å². The van der Waals surface area contributed by atoms with Crippen LogP contribution in [0.2, 0.25) is 0 Å². The number of rotatable bonds is 20. The summed E-state index contributed by atoms with van der Waals surface area (Å²) < 4.78 is 65.7. The zero-order valence-corrected chi connectivity index (χ0v) is 32.1. The SMILES string of the molecule is COc1cc(OC)cc(C(=O)OCC(OC(=O)c2cc(OC)cc(OC)c2)C(COC(O)c2cc(OC)cc(OC)c2)OC(=O)c2cc(OC)cc(OC)c2)c1. The molecule has 0 saturated heterocycles. The van der Waals surface area contributed by atoms with Gasteiger partial charge in [0.2, 0.25) is 0 Å². The standard InChI is InChI=1S/C40H44O16/c1-45-27-9-23(10-28(17-27)46-2)37(41)53-21-35(55-39(43)25-13-31(49-5)19-32(14-25)50-6)36(56-40(44)26-15-33(51-7)20-34(16-26)52-8)22-54-38(42)24-11-29(47-3)18-30(12-24)48-4/h9-20,35-37,41H,21-22H2,1-8H3. The lowest BCUT2D eigenvalue weighted by atomic mass is 10.1. The van der Waals surface area contributed by atoms with Crippen molar-refractivity contribution in [3.8, 4) is 46.0 Å². The minimum atomic E-state index is -1.64. The van der Waals surface area contributed by atoms with Gasteiger partial charge in [-0.2, -0.15) is 0 Å². The van der Waals surface area contributed by atoms with Crippen LogP contribution in [-0.2, 0) is 18.9 Å². The van der Waals surface area contributed by atoms with Crippen LogP contribution < -0.4 is 37.9 Å². The van der Waals surface area contributed by atoms with Crippen molar-refractivity contribution in [3.05, 3.63) is 95.1 Å². The van der Waals surface area contributed by atoms with E-state index in [4.69, 9.17) is 56.8 Å². The molecule has 4 aromatic rings. The first-order chi connectivity index (χ1) is 27.0. The summed E-state index contributed by atoms with van der Waals surface area (Å²) in [5.74, 6) is -0.271. The normalized spacial score (nSPS) is 12.2. The van der Waals surface area contributed by atoms with E-state index in [1.165, 1.54) is 105 Å². The first-order valence-electron chi connectivity index (χ1n) is 16.8. The molecule has 0 aliphatic carbocycles. The Hall–Kier alpha value is -6.39. The fourth-order valence-corrected chi connectivity index (χ4v) is 5.12. The summed E-state index contributed by atoms with van der Waals surface area (Å²) >= 11 is 0. The van der Waals surface area contributed by atoms with Gasteiger partial charge in [0.15, 0.2) is 18.5 Å². The third kappa shape index (κ3) is 11.3. The molecule has 3 unspecified atom stereocenters. The molecule has 0 saturated carbocycles. The van der Waals surface area contributed by atoms with E-state index < -0.39 is 49.6 Å². The van der Waals surface area contributed by atoms with Crippen molar-refractivity contribution in [2.45, 2.75) is 18.5 Å². The Bertz CT molecular complexity index is 1870. The molecule has 0 aliphatic heterocycles. The Morgan fingerprint density at radius 3 is 1.04 bits per heavy atom. The van der Waals surface area contributed by atoms with E-state index in [2.05, 4.69) is 0 Å². The molecular formula is C40H44O16. The van der Waals surface area contributed by atoms with Crippen LogP contribution in [0, 0.1) is 0 Å². The van der Waals surface area contributed by atoms with Crippen LogP contribution in [0.5, 0.6) is 46.0 Å². The van der Waals surface area contributed by atoms with E-state index in [0.29, 0.717) is 23.0 Å². The molecule has 4 rings (SSSR count). The number of ether oxygens (including phenoxy) is 12. The lowest BCUT2D eigenvalue weighted by molar-refractivity contribution is -0.147. The Morgan fingerprint density at radius 2 is 0.714 bits per heavy atom. The largest absolute Gasteiger partial charge is 0.497 e. The molecular weight excluding hydrogens is 736 g/mol. The van der Waals surface area contributed by atoms with Crippen molar-refractivity contribution in [1.82, 2.24) is 0 Å². The summed E-state index contributed by atoms with van der Waals surface area (Å²) in [5.41, 5.74) is 0.244. The van der Waals surface area contributed by atoms with Crippen LogP contribution in [0.4, 0.5) is 0 Å². The average molecular weight is 781 g/mol. The lowest BCUT2D eigenvalue weighted by Gasteiger charge is -2.28. The highest BCUT2D eigenvalue weighted by atomic mass is 16.6. The molecule has 0 amide bonds. The van der Waals surface area contributed by atoms with Crippen LogP contribution >= 0.6 is 0 Å². The fourth-order valence-electron chi connectivity index (χ4n) is 5.12. The van der Waals surface area contributed by atoms with Crippen molar-refractivity contribution >= 4 is 17.9 Å². The third-order valence-electron chi connectivity index (χ3n) is 8.15. The predicted molar refractivity (Wildman–Crippen MR) is 198 cm³/mol. The molecule has 0 heterocycles. The summed E-state index contributed by atoms with van der Waals surface area (Å²) in [6.07, 6.45) is -4.73. The first-order valence-corrected chi connectivity index (χ1v) is 16.8. The van der Waals surface area contributed by atoms with Gasteiger partial charge in [0.05, 0.1) is 80.2 Å². The van der Waals surface area contributed by atoms with Gasteiger partial charge in [-0.1, -0.05) is 0 Å². The molecule has 0 radical (unpaired) electrons. The van der Waals surface area contributed by atoms with E-state index in [1.54, 1.807) is 24.3 Å². The van der Waals surface area contributed by atoms with Gasteiger partial charge in [-0.25, -0.2) is 14.4 Å². The number of hydrogen-bond acceptors (Lipinski definition) is 16. The van der Waals surface area contributed by atoms with Gasteiger partial charge in [0.1, 0.15) is 52.6 Å². The number of methoxy groups -OCH3 is 8. The molecule has 0 aliphatic rings. The minimum Gasteiger partial charge on any atom is -0.497 e. The molecule has 16 nitrogen and oxygen atoms in total. The first kappa shape index (κ1) is 42.4. The third-order valence-corrected chi connectivity index (χ3v) is 8.15. The van der Waals surface area contributed by atoms with Crippen molar-refractivity contribution in [2.24, 2.45) is 0 Å². The van der Waals surface area contributed by atoms with E-state index in [-0.39, 0.29) is 45.3 Å².